The van der Waals surface area contributed by atoms with Crippen molar-refractivity contribution in [2.75, 3.05) is 13.2 Å². The number of aliphatic hydroxyl groups excluding tert-OH is 1. The summed E-state index contributed by atoms with van der Waals surface area (Å²) in [5, 5.41) is 12.5. The maximum Gasteiger partial charge on any atom is 0.0982 e. The zero-order valence-corrected chi connectivity index (χ0v) is 19.7. The molecule has 3 nitrogen and oxygen atoms in total. The lowest BCUT2D eigenvalue weighted by Crippen LogP contribution is -2.36. The normalized spacial score (nSPS) is 15.9. The van der Waals surface area contributed by atoms with Gasteiger partial charge < -0.3 is 15.3 Å². The summed E-state index contributed by atoms with van der Waals surface area (Å²) in [6.07, 6.45) is 32.9. The maximum absolute atomic E-state index is 9.08. The van der Waals surface area contributed by atoms with Crippen LogP contribution in [0.15, 0.2) is 12.4 Å². The van der Waals surface area contributed by atoms with Gasteiger partial charge in [0.25, 0.3) is 0 Å². The summed E-state index contributed by atoms with van der Waals surface area (Å²) in [6.45, 7) is 3.28. The van der Waals surface area contributed by atoms with Crippen LogP contribution in [0.5, 0.6) is 0 Å². The predicted octanol–water partition coefficient (Wildman–Crippen LogP) is 7.50. The lowest BCUT2D eigenvalue weighted by atomic mass is 10.0. The molecule has 0 aliphatic carbocycles. The smallest absolute Gasteiger partial charge is 0.0982 e. The van der Waals surface area contributed by atoms with Crippen LogP contribution < -0.4 is 5.32 Å². The van der Waals surface area contributed by atoms with Gasteiger partial charge in [0, 0.05) is 18.9 Å². The lowest BCUT2D eigenvalue weighted by molar-refractivity contribution is 0.194. The molecule has 1 heterocycles. The molecular weight excluding hydrogens is 356 g/mol. The van der Waals surface area contributed by atoms with Gasteiger partial charge in [-0.25, -0.2) is 0 Å². The highest BCUT2D eigenvalue weighted by atomic mass is 16.3. The van der Waals surface area contributed by atoms with Crippen LogP contribution in [0, 0.1) is 0 Å². The molecule has 1 atom stereocenters. The minimum absolute atomic E-state index is 0.238. The Morgan fingerprint density at radius 1 is 0.655 bits per heavy atom. The summed E-state index contributed by atoms with van der Waals surface area (Å²) in [7, 11) is 0. The molecule has 0 amide bonds. The third-order valence-corrected chi connectivity index (χ3v) is 6.39. The predicted molar refractivity (Wildman–Crippen MR) is 128 cm³/mol. The van der Waals surface area contributed by atoms with Crippen molar-refractivity contribution in [1.29, 1.82) is 0 Å². The van der Waals surface area contributed by atoms with Crippen LogP contribution in [0.1, 0.15) is 135 Å². The Labute approximate surface area is 182 Å². The molecule has 0 aromatic carbocycles. The number of nitrogens with zero attached hydrogens (tertiary/aromatic N) is 1. The molecule has 0 bridgehead atoms. The number of hydrogen-bond donors (Lipinski definition) is 2. The first kappa shape index (κ1) is 26.3. The van der Waals surface area contributed by atoms with Crippen LogP contribution in [0.4, 0.5) is 0 Å². The van der Waals surface area contributed by atoms with Crippen LogP contribution in [0.25, 0.3) is 0 Å². The van der Waals surface area contributed by atoms with E-state index in [1.54, 1.807) is 0 Å². The molecule has 1 aliphatic rings. The van der Waals surface area contributed by atoms with Crippen LogP contribution in [-0.2, 0) is 0 Å². The molecule has 29 heavy (non-hydrogen) atoms. The highest BCUT2D eigenvalue weighted by molar-refractivity contribution is 4.93. The zero-order chi connectivity index (χ0) is 20.8. The van der Waals surface area contributed by atoms with Gasteiger partial charge in [0.2, 0.25) is 0 Å². The van der Waals surface area contributed by atoms with Gasteiger partial charge in [-0.2, -0.15) is 0 Å². The molecule has 0 fully saturated rings. The minimum Gasteiger partial charge on any atom is -0.395 e. The molecule has 1 aliphatic heterocycles. The van der Waals surface area contributed by atoms with Gasteiger partial charge >= 0.3 is 0 Å². The molecule has 0 spiro atoms. The van der Waals surface area contributed by atoms with Crippen molar-refractivity contribution in [2.45, 2.75) is 142 Å². The number of hydrogen-bond acceptors (Lipinski definition) is 3. The van der Waals surface area contributed by atoms with Gasteiger partial charge in [-0.1, -0.05) is 122 Å². The average molecular weight is 409 g/mol. The van der Waals surface area contributed by atoms with E-state index in [0.717, 1.165) is 6.54 Å². The van der Waals surface area contributed by atoms with E-state index in [1.165, 1.54) is 128 Å². The van der Waals surface area contributed by atoms with Crippen molar-refractivity contribution in [2.24, 2.45) is 0 Å². The van der Waals surface area contributed by atoms with Crippen molar-refractivity contribution in [1.82, 2.24) is 10.2 Å². The summed E-state index contributed by atoms with van der Waals surface area (Å²) in [4.78, 5) is 2.22. The number of rotatable bonds is 22. The molecule has 1 unspecified atom stereocenters. The van der Waals surface area contributed by atoms with Gasteiger partial charge in [-0.05, 0) is 12.8 Å². The largest absolute Gasteiger partial charge is 0.395 e. The van der Waals surface area contributed by atoms with E-state index in [0.29, 0.717) is 6.17 Å². The van der Waals surface area contributed by atoms with Crippen LogP contribution in [0.2, 0.25) is 0 Å². The fourth-order valence-corrected chi connectivity index (χ4v) is 4.46. The summed E-state index contributed by atoms with van der Waals surface area (Å²) in [5.74, 6) is 0. The fourth-order valence-electron chi connectivity index (χ4n) is 4.46. The first-order chi connectivity index (χ1) is 14.4. The van der Waals surface area contributed by atoms with Crippen LogP contribution in [0.3, 0.4) is 0 Å². The number of aliphatic hydroxyl groups is 1. The Kier molecular flexibility index (Phi) is 18.7. The van der Waals surface area contributed by atoms with Gasteiger partial charge in [-0.15, -0.1) is 0 Å². The summed E-state index contributed by atoms with van der Waals surface area (Å²) >= 11 is 0. The Bertz CT molecular complexity index is 359. The summed E-state index contributed by atoms with van der Waals surface area (Å²) in [5.41, 5.74) is 0. The van der Waals surface area contributed by atoms with E-state index in [9.17, 15) is 0 Å². The van der Waals surface area contributed by atoms with Crippen LogP contribution >= 0.6 is 0 Å². The molecule has 0 saturated heterocycles. The first-order valence-electron chi connectivity index (χ1n) is 13.2. The van der Waals surface area contributed by atoms with Gasteiger partial charge in [0.15, 0.2) is 0 Å². The molecule has 0 aromatic rings. The topological polar surface area (TPSA) is 35.5 Å². The van der Waals surface area contributed by atoms with Gasteiger partial charge in [-0.3, -0.25) is 0 Å². The van der Waals surface area contributed by atoms with E-state index in [4.69, 9.17) is 5.11 Å². The number of β-amino-alcohol motifs (C(OH)–C–C–N with tert-alkyl or cyclic N) is 1. The minimum atomic E-state index is 0.238. The Morgan fingerprint density at radius 3 is 1.48 bits per heavy atom. The molecule has 0 radical (unpaired) electrons. The quantitative estimate of drug-likeness (QED) is 0.182. The van der Waals surface area contributed by atoms with Crippen molar-refractivity contribution < 1.29 is 5.11 Å². The van der Waals surface area contributed by atoms with Crippen molar-refractivity contribution >= 4 is 0 Å². The second-order valence-electron chi connectivity index (χ2n) is 9.11. The number of nitrogens with one attached hydrogen (secondary N) is 1. The Balaban J connectivity index is 1.70. The third kappa shape index (κ3) is 15.8. The van der Waals surface area contributed by atoms with Gasteiger partial charge in [0.05, 0.1) is 12.8 Å². The van der Waals surface area contributed by atoms with Crippen molar-refractivity contribution in [3.05, 3.63) is 12.4 Å². The van der Waals surface area contributed by atoms with Crippen molar-refractivity contribution in [3.63, 3.8) is 0 Å². The van der Waals surface area contributed by atoms with E-state index >= 15 is 0 Å². The average Bonchev–Trinajstić information content (AvgIpc) is 3.17. The van der Waals surface area contributed by atoms with E-state index in [2.05, 4.69) is 23.3 Å². The summed E-state index contributed by atoms with van der Waals surface area (Å²) < 4.78 is 0. The van der Waals surface area contributed by atoms with E-state index in [1.807, 2.05) is 6.20 Å². The Hall–Kier alpha value is -0.700. The monoisotopic (exact) mass is 408 g/mol. The molecule has 1 rings (SSSR count). The molecule has 0 aromatic heterocycles. The molecule has 172 valence electrons. The Morgan fingerprint density at radius 2 is 1.07 bits per heavy atom. The molecular formula is C26H52N2O. The molecule has 3 heteroatoms. The maximum atomic E-state index is 9.08. The SMILES string of the molecule is CCCCCCCCCCCCCCCCCCCCCC1NC=CN1CCO. The molecule has 2 N–H and O–H groups in total. The zero-order valence-electron chi connectivity index (χ0n) is 19.7. The van der Waals surface area contributed by atoms with E-state index in [-0.39, 0.29) is 6.61 Å². The first-order valence-corrected chi connectivity index (χ1v) is 13.2. The highest BCUT2D eigenvalue weighted by Crippen LogP contribution is 2.16. The standard InChI is InChI=1S/C26H52N2O/c1-2-3-4-5-6-7-8-9-10-11-12-13-14-15-16-17-18-19-20-21-26-27-22-23-28(26)24-25-29/h22-23,26-27,29H,2-21,24-25H2,1H3. The van der Waals surface area contributed by atoms with E-state index < -0.39 is 0 Å². The fraction of sp³-hybridized carbons (Fsp3) is 0.923. The van der Waals surface area contributed by atoms with Gasteiger partial charge in [0.1, 0.15) is 0 Å². The highest BCUT2D eigenvalue weighted by Gasteiger charge is 2.16. The van der Waals surface area contributed by atoms with Crippen LogP contribution in [-0.4, -0.2) is 29.3 Å². The van der Waals surface area contributed by atoms with Crippen molar-refractivity contribution in [3.8, 4) is 0 Å². The second kappa shape index (κ2) is 20.6. The number of unbranched alkanes of at least 4 members (excludes halogenated alkanes) is 18. The summed E-state index contributed by atoms with van der Waals surface area (Å²) in [6, 6.07) is 0. The molecule has 0 saturated carbocycles. The second-order valence-corrected chi connectivity index (χ2v) is 9.11. The lowest BCUT2D eigenvalue weighted by Gasteiger charge is -2.24. The third-order valence-electron chi connectivity index (χ3n) is 6.39.